The van der Waals surface area contributed by atoms with Crippen molar-refractivity contribution in [2.45, 2.75) is 13.8 Å². The van der Waals surface area contributed by atoms with Gasteiger partial charge in [-0.05, 0) is 5.92 Å². The van der Waals surface area contributed by atoms with E-state index >= 15 is 0 Å². The predicted octanol–water partition coefficient (Wildman–Crippen LogP) is -0.256. The van der Waals surface area contributed by atoms with E-state index in [0.717, 1.165) is 0 Å². The summed E-state index contributed by atoms with van der Waals surface area (Å²) in [5.74, 6) is 0.135. The van der Waals surface area contributed by atoms with E-state index in [-0.39, 0.29) is 12.5 Å². The first-order valence-corrected chi connectivity index (χ1v) is 4.82. The van der Waals surface area contributed by atoms with Gasteiger partial charge < -0.3 is 5.11 Å². The highest BCUT2D eigenvalue weighted by Crippen LogP contribution is 1.88. The lowest BCUT2D eigenvalue weighted by Crippen LogP contribution is -2.40. The molecule has 0 heterocycles. The van der Waals surface area contributed by atoms with Gasteiger partial charge in [0.15, 0.2) is 0 Å². The van der Waals surface area contributed by atoms with Gasteiger partial charge in [0.1, 0.15) is 0 Å². The monoisotopic (exact) mass is 196 g/mol. The van der Waals surface area contributed by atoms with E-state index in [1.165, 1.54) is 4.72 Å². The minimum absolute atomic E-state index is 0.135. The Balaban J connectivity index is 3.98. The summed E-state index contributed by atoms with van der Waals surface area (Å²) in [5, 5.41) is 8.08. The quantitative estimate of drug-likeness (QED) is 0.577. The van der Waals surface area contributed by atoms with Crippen molar-refractivity contribution in [3.8, 4) is 0 Å². The van der Waals surface area contributed by atoms with E-state index in [1.807, 2.05) is 13.8 Å². The zero-order valence-electron chi connectivity index (χ0n) is 6.86. The molecule has 0 saturated carbocycles. The van der Waals surface area contributed by atoms with Crippen LogP contribution in [0.25, 0.3) is 0 Å². The number of nitrogens with one attached hydrogen (secondary N) is 2. The van der Waals surface area contributed by atoms with Crippen LogP contribution in [0.5, 0.6) is 0 Å². The summed E-state index contributed by atoms with van der Waals surface area (Å²) in [6.07, 6.45) is -1.59. The summed E-state index contributed by atoms with van der Waals surface area (Å²) in [4.78, 5) is 9.93. The second kappa shape index (κ2) is 4.27. The predicted molar refractivity (Wildman–Crippen MR) is 42.9 cm³/mol. The van der Waals surface area contributed by atoms with Crippen molar-refractivity contribution in [2.24, 2.45) is 5.92 Å². The fourth-order valence-electron chi connectivity index (χ4n) is 0.427. The summed E-state index contributed by atoms with van der Waals surface area (Å²) in [5.41, 5.74) is 0. The van der Waals surface area contributed by atoms with E-state index < -0.39 is 16.3 Å². The van der Waals surface area contributed by atoms with Crippen molar-refractivity contribution in [2.75, 3.05) is 6.54 Å². The minimum Gasteiger partial charge on any atom is -0.464 e. The molecule has 0 unspecified atom stereocenters. The third-order valence-corrected chi connectivity index (χ3v) is 1.89. The highest BCUT2D eigenvalue weighted by Gasteiger charge is 2.12. The minimum atomic E-state index is -3.88. The fraction of sp³-hybridized carbons (Fsp3) is 0.800. The summed E-state index contributed by atoms with van der Waals surface area (Å²) < 4.78 is 24.9. The molecule has 6 nitrogen and oxygen atoms in total. The molecule has 0 aromatic carbocycles. The molecule has 72 valence electrons. The van der Waals surface area contributed by atoms with Gasteiger partial charge in [0.25, 0.3) is 0 Å². The van der Waals surface area contributed by atoms with Crippen molar-refractivity contribution < 1.29 is 18.3 Å². The van der Waals surface area contributed by atoms with Crippen LogP contribution >= 0.6 is 0 Å². The van der Waals surface area contributed by atoms with Crippen LogP contribution in [0, 0.1) is 5.92 Å². The van der Waals surface area contributed by atoms with Gasteiger partial charge in [-0.1, -0.05) is 13.8 Å². The lowest BCUT2D eigenvalue weighted by Gasteiger charge is -2.07. The largest absolute Gasteiger partial charge is 0.464 e. The zero-order chi connectivity index (χ0) is 9.78. The second-order valence-electron chi connectivity index (χ2n) is 2.65. The van der Waals surface area contributed by atoms with Gasteiger partial charge >= 0.3 is 16.3 Å². The Hall–Kier alpha value is -0.820. The average Bonchev–Trinajstić information content (AvgIpc) is 1.81. The van der Waals surface area contributed by atoms with Crippen LogP contribution in [0.15, 0.2) is 0 Å². The van der Waals surface area contributed by atoms with Gasteiger partial charge in [0, 0.05) is 6.54 Å². The molecule has 7 heteroatoms. The Morgan fingerprint density at radius 3 is 2.33 bits per heavy atom. The molecular formula is C5H12N2O4S. The second-order valence-corrected chi connectivity index (χ2v) is 4.15. The zero-order valence-corrected chi connectivity index (χ0v) is 7.68. The standard InChI is InChI=1S/C5H12N2O4S/c1-4(2)3-6-12(10,11)7-5(8)9/h4,6-7H,3H2,1-2H3,(H,8,9). The summed E-state index contributed by atoms with van der Waals surface area (Å²) in [7, 11) is -3.88. The maximum absolute atomic E-state index is 10.7. The van der Waals surface area contributed by atoms with E-state index in [9.17, 15) is 13.2 Å². The van der Waals surface area contributed by atoms with E-state index in [4.69, 9.17) is 5.11 Å². The molecule has 3 N–H and O–H groups in total. The first kappa shape index (κ1) is 11.2. The van der Waals surface area contributed by atoms with Gasteiger partial charge in [0.2, 0.25) is 0 Å². The molecule has 0 aromatic heterocycles. The molecule has 0 spiro atoms. The van der Waals surface area contributed by atoms with Gasteiger partial charge in [0.05, 0.1) is 0 Å². The molecule has 0 bridgehead atoms. The third-order valence-electron chi connectivity index (χ3n) is 0.903. The van der Waals surface area contributed by atoms with Crippen LogP contribution in [0.2, 0.25) is 0 Å². The third kappa shape index (κ3) is 5.93. The molecule has 1 amide bonds. The lowest BCUT2D eigenvalue weighted by molar-refractivity contribution is 0.201. The first-order valence-electron chi connectivity index (χ1n) is 3.34. The summed E-state index contributed by atoms with van der Waals surface area (Å²) in [6, 6.07) is 0. The highest BCUT2D eigenvalue weighted by molar-refractivity contribution is 7.88. The molecule has 0 aliphatic heterocycles. The number of carboxylic acid groups (broad SMARTS) is 1. The Labute approximate surface area is 71.2 Å². The highest BCUT2D eigenvalue weighted by atomic mass is 32.2. The number of hydrogen-bond donors (Lipinski definition) is 3. The van der Waals surface area contributed by atoms with Gasteiger partial charge in [-0.15, -0.1) is 0 Å². The first-order chi connectivity index (χ1) is 5.33. The Bertz CT molecular complexity index is 246. The van der Waals surface area contributed by atoms with Crippen LogP contribution in [-0.2, 0) is 10.2 Å². The molecule has 0 aromatic rings. The number of carbonyl (C=O) groups is 1. The normalized spacial score (nSPS) is 11.6. The summed E-state index contributed by atoms with van der Waals surface area (Å²) in [6.45, 7) is 3.83. The van der Waals surface area contributed by atoms with Gasteiger partial charge in [-0.25, -0.2) is 9.52 Å². The van der Waals surface area contributed by atoms with Crippen LogP contribution < -0.4 is 9.44 Å². The fourth-order valence-corrected chi connectivity index (χ4v) is 1.28. The molecule has 0 atom stereocenters. The maximum Gasteiger partial charge on any atom is 0.419 e. The van der Waals surface area contributed by atoms with Crippen molar-refractivity contribution in [1.82, 2.24) is 9.44 Å². The molecule has 0 aliphatic carbocycles. The molecule has 0 fully saturated rings. The smallest absolute Gasteiger partial charge is 0.419 e. The number of rotatable bonds is 4. The average molecular weight is 196 g/mol. The van der Waals surface area contributed by atoms with Crippen molar-refractivity contribution in [1.29, 1.82) is 0 Å². The van der Waals surface area contributed by atoms with Crippen molar-refractivity contribution >= 4 is 16.3 Å². The molecule has 0 saturated heterocycles. The molecule has 0 aliphatic rings. The van der Waals surface area contributed by atoms with Gasteiger partial charge in [-0.3, -0.25) is 0 Å². The van der Waals surface area contributed by atoms with Crippen LogP contribution in [-0.4, -0.2) is 26.2 Å². The Morgan fingerprint density at radius 2 is 2.00 bits per heavy atom. The Kier molecular flexibility index (Phi) is 3.98. The lowest BCUT2D eigenvalue weighted by atomic mass is 10.2. The van der Waals surface area contributed by atoms with E-state index in [2.05, 4.69) is 4.72 Å². The molecule has 0 rings (SSSR count). The number of hydrogen-bond acceptors (Lipinski definition) is 3. The number of amides is 1. The maximum atomic E-state index is 10.7. The van der Waals surface area contributed by atoms with Crippen molar-refractivity contribution in [3.05, 3.63) is 0 Å². The van der Waals surface area contributed by atoms with Gasteiger partial charge in [-0.2, -0.15) is 13.1 Å². The van der Waals surface area contributed by atoms with Crippen LogP contribution in [0.4, 0.5) is 4.79 Å². The van der Waals surface area contributed by atoms with Crippen LogP contribution in [0.3, 0.4) is 0 Å². The van der Waals surface area contributed by atoms with Crippen molar-refractivity contribution in [3.63, 3.8) is 0 Å². The Morgan fingerprint density at radius 1 is 1.50 bits per heavy atom. The SMILES string of the molecule is CC(C)CNS(=O)(=O)NC(=O)O. The molecule has 12 heavy (non-hydrogen) atoms. The van der Waals surface area contributed by atoms with E-state index in [0.29, 0.717) is 0 Å². The van der Waals surface area contributed by atoms with E-state index in [1.54, 1.807) is 0 Å². The molecular weight excluding hydrogens is 184 g/mol. The topological polar surface area (TPSA) is 95.5 Å². The summed E-state index contributed by atoms with van der Waals surface area (Å²) >= 11 is 0. The molecule has 0 radical (unpaired) electrons. The van der Waals surface area contributed by atoms with Crippen LogP contribution in [0.1, 0.15) is 13.8 Å².